The first-order valence-corrected chi connectivity index (χ1v) is 12.3. The molecule has 1 aromatic carbocycles. The number of nitrogens with one attached hydrogen (secondary N) is 2. The second kappa shape index (κ2) is 10.8. The number of alkyl halides is 3. The van der Waals surface area contributed by atoms with Crippen LogP contribution in [0.2, 0.25) is 5.02 Å². The van der Waals surface area contributed by atoms with Crippen LogP contribution in [0, 0.1) is 5.92 Å². The van der Waals surface area contributed by atoms with Gasteiger partial charge in [0.25, 0.3) is 0 Å². The number of halogens is 5. The smallest absolute Gasteiger partial charge is 0.390 e. The van der Waals surface area contributed by atoms with Gasteiger partial charge in [0, 0.05) is 35.4 Å². The summed E-state index contributed by atoms with van der Waals surface area (Å²) in [5, 5.41) is 16.3. The second-order valence-electron chi connectivity index (χ2n) is 8.52. The van der Waals surface area contributed by atoms with Gasteiger partial charge in [-0.05, 0) is 53.6 Å². The molecular formula is C22H25BrClF3N6O2. The summed E-state index contributed by atoms with van der Waals surface area (Å²) in [4.78, 5) is 13.4. The van der Waals surface area contributed by atoms with Crippen molar-refractivity contribution in [2.24, 2.45) is 5.92 Å². The molecule has 3 N–H and O–H groups in total. The molecule has 8 nitrogen and oxygen atoms in total. The Bertz CT molecular complexity index is 1180. The Morgan fingerprint density at radius 3 is 2.63 bits per heavy atom. The molecule has 0 aliphatic heterocycles. The molecule has 0 radical (unpaired) electrons. The van der Waals surface area contributed by atoms with E-state index < -0.39 is 12.6 Å². The van der Waals surface area contributed by atoms with Crippen molar-refractivity contribution in [1.29, 1.82) is 0 Å². The highest BCUT2D eigenvalue weighted by atomic mass is 79.9. The molecule has 0 unspecified atom stereocenters. The molecule has 2 aromatic heterocycles. The lowest BCUT2D eigenvalue weighted by Crippen LogP contribution is -2.28. The number of ether oxygens (including phenoxy) is 1. The van der Waals surface area contributed by atoms with Crippen LogP contribution >= 0.6 is 27.5 Å². The van der Waals surface area contributed by atoms with Crippen LogP contribution < -0.4 is 15.4 Å². The van der Waals surface area contributed by atoms with E-state index in [0.29, 0.717) is 43.9 Å². The van der Waals surface area contributed by atoms with Gasteiger partial charge in [0.15, 0.2) is 17.0 Å². The molecule has 0 saturated heterocycles. The lowest BCUT2D eigenvalue weighted by atomic mass is 9.87. The molecule has 1 aliphatic carbocycles. The summed E-state index contributed by atoms with van der Waals surface area (Å²) in [5.41, 5.74) is 1.22. The van der Waals surface area contributed by atoms with Crippen LogP contribution in [-0.2, 0) is 6.54 Å². The fourth-order valence-electron chi connectivity index (χ4n) is 4.10. The molecule has 1 fully saturated rings. The zero-order valence-electron chi connectivity index (χ0n) is 18.9. The summed E-state index contributed by atoms with van der Waals surface area (Å²) in [6.45, 7) is -0.139. The van der Waals surface area contributed by atoms with Crippen molar-refractivity contribution in [3.63, 3.8) is 0 Å². The highest BCUT2D eigenvalue weighted by Gasteiger charge is 2.28. The molecule has 190 valence electrons. The van der Waals surface area contributed by atoms with Crippen molar-refractivity contribution in [2.45, 2.75) is 50.9 Å². The van der Waals surface area contributed by atoms with Crippen LogP contribution in [0.3, 0.4) is 0 Å². The number of imidazole rings is 1. The summed E-state index contributed by atoms with van der Waals surface area (Å²) in [5.74, 6) is 1.35. The average Bonchev–Trinajstić information content (AvgIpc) is 3.23. The molecule has 0 amide bonds. The van der Waals surface area contributed by atoms with Gasteiger partial charge >= 0.3 is 6.18 Å². The molecule has 13 heteroatoms. The van der Waals surface area contributed by atoms with Crippen LogP contribution in [-0.4, -0.2) is 50.6 Å². The van der Waals surface area contributed by atoms with E-state index in [1.54, 1.807) is 12.1 Å². The molecule has 0 atom stereocenters. The SMILES string of the molecule is COc1cc(Nc2nc(NC3CCC(CO)CC3)nc3c2ncn3CCC(F)(F)F)cc(Br)c1Cl. The van der Waals surface area contributed by atoms with Gasteiger partial charge in [-0.3, -0.25) is 0 Å². The number of anilines is 3. The maximum Gasteiger partial charge on any atom is 0.390 e. The number of fused-ring (bicyclic) bond motifs is 1. The van der Waals surface area contributed by atoms with Gasteiger partial charge in [-0.2, -0.15) is 23.1 Å². The van der Waals surface area contributed by atoms with E-state index in [0.717, 1.165) is 25.7 Å². The minimum absolute atomic E-state index is 0.0967. The molecule has 1 saturated carbocycles. The van der Waals surface area contributed by atoms with Gasteiger partial charge in [-0.1, -0.05) is 11.6 Å². The van der Waals surface area contributed by atoms with E-state index in [1.807, 2.05) is 0 Å². The van der Waals surface area contributed by atoms with Crippen molar-refractivity contribution in [1.82, 2.24) is 19.5 Å². The van der Waals surface area contributed by atoms with Crippen molar-refractivity contribution < 1.29 is 23.0 Å². The number of aromatic nitrogens is 4. The van der Waals surface area contributed by atoms with Gasteiger partial charge in [-0.15, -0.1) is 0 Å². The third kappa shape index (κ3) is 6.28. The zero-order valence-corrected chi connectivity index (χ0v) is 21.2. The van der Waals surface area contributed by atoms with Gasteiger partial charge in [0.2, 0.25) is 5.95 Å². The van der Waals surface area contributed by atoms with E-state index in [4.69, 9.17) is 16.3 Å². The summed E-state index contributed by atoms with van der Waals surface area (Å²) < 4.78 is 45.9. The molecular weight excluding hydrogens is 553 g/mol. The van der Waals surface area contributed by atoms with Crippen molar-refractivity contribution >= 4 is 56.1 Å². The van der Waals surface area contributed by atoms with Crippen LogP contribution in [0.5, 0.6) is 5.75 Å². The number of rotatable bonds is 8. The van der Waals surface area contributed by atoms with E-state index in [2.05, 4.69) is 41.5 Å². The Labute approximate surface area is 213 Å². The number of methoxy groups -OCH3 is 1. The summed E-state index contributed by atoms with van der Waals surface area (Å²) >= 11 is 9.63. The number of aliphatic hydroxyl groups is 1. The third-order valence-corrected chi connectivity index (χ3v) is 7.26. The number of hydrogen-bond donors (Lipinski definition) is 3. The number of hydrogen-bond acceptors (Lipinski definition) is 7. The molecule has 2 heterocycles. The van der Waals surface area contributed by atoms with Gasteiger partial charge in [0.1, 0.15) is 5.75 Å². The van der Waals surface area contributed by atoms with Crippen molar-refractivity contribution in [2.75, 3.05) is 24.4 Å². The Morgan fingerprint density at radius 1 is 1.23 bits per heavy atom. The summed E-state index contributed by atoms with van der Waals surface area (Å²) in [6.07, 6.45) is -0.532. The fraction of sp³-hybridized carbons (Fsp3) is 0.500. The van der Waals surface area contributed by atoms with Gasteiger partial charge < -0.3 is 25.0 Å². The Kier molecular flexibility index (Phi) is 7.92. The lowest BCUT2D eigenvalue weighted by Gasteiger charge is -2.28. The molecule has 0 spiro atoms. The normalized spacial score (nSPS) is 18.6. The fourth-order valence-corrected chi connectivity index (χ4v) is 4.73. The molecule has 0 bridgehead atoms. The Hall–Kier alpha value is -2.31. The van der Waals surface area contributed by atoms with Crippen LogP contribution in [0.1, 0.15) is 32.1 Å². The number of nitrogens with zero attached hydrogens (tertiary/aromatic N) is 4. The summed E-state index contributed by atoms with van der Waals surface area (Å²) in [6, 6.07) is 3.52. The number of aryl methyl sites for hydroxylation is 1. The largest absolute Gasteiger partial charge is 0.495 e. The Balaban J connectivity index is 1.68. The van der Waals surface area contributed by atoms with E-state index in [1.165, 1.54) is 18.0 Å². The minimum Gasteiger partial charge on any atom is -0.495 e. The zero-order chi connectivity index (χ0) is 25.2. The van der Waals surface area contributed by atoms with Crippen molar-refractivity contribution in [3.05, 3.63) is 28.0 Å². The predicted molar refractivity (Wildman–Crippen MR) is 131 cm³/mol. The topological polar surface area (TPSA) is 97.1 Å². The monoisotopic (exact) mass is 576 g/mol. The minimum atomic E-state index is -4.30. The molecule has 4 rings (SSSR count). The van der Waals surface area contributed by atoms with E-state index >= 15 is 0 Å². The van der Waals surface area contributed by atoms with Crippen LogP contribution in [0.4, 0.5) is 30.6 Å². The van der Waals surface area contributed by atoms with Gasteiger partial charge in [0.05, 0.1) is 24.9 Å². The summed E-state index contributed by atoms with van der Waals surface area (Å²) in [7, 11) is 1.50. The molecule has 35 heavy (non-hydrogen) atoms. The first-order chi connectivity index (χ1) is 16.7. The standard InChI is InChI=1S/C22H25BrClF3N6O2/c1-35-16-9-14(8-15(23)17(16)24)29-19-18-20(33(11-28-18)7-6-22(25,26)27)32-21(31-19)30-13-4-2-12(10-34)3-5-13/h8-9,11-13,34H,2-7,10H2,1H3,(H2,29,30,31,32). The van der Waals surface area contributed by atoms with Crippen LogP contribution in [0.25, 0.3) is 11.2 Å². The van der Waals surface area contributed by atoms with E-state index in [-0.39, 0.29) is 25.1 Å². The van der Waals surface area contributed by atoms with Crippen LogP contribution in [0.15, 0.2) is 22.9 Å². The predicted octanol–water partition coefficient (Wildman–Crippen LogP) is 5.91. The number of aliphatic hydroxyl groups excluding tert-OH is 1. The lowest BCUT2D eigenvalue weighted by molar-refractivity contribution is -0.136. The maximum atomic E-state index is 12.9. The first-order valence-electron chi connectivity index (χ1n) is 11.1. The van der Waals surface area contributed by atoms with E-state index in [9.17, 15) is 18.3 Å². The highest BCUT2D eigenvalue weighted by molar-refractivity contribution is 9.10. The molecule has 1 aliphatic rings. The van der Waals surface area contributed by atoms with Gasteiger partial charge in [-0.25, -0.2) is 4.98 Å². The highest BCUT2D eigenvalue weighted by Crippen LogP contribution is 2.37. The molecule has 3 aromatic rings. The Morgan fingerprint density at radius 2 is 1.97 bits per heavy atom. The first kappa shape index (κ1) is 25.8. The van der Waals surface area contributed by atoms with Crippen molar-refractivity contribution in [3.8, 4) is 5.75 Å². The maximum absolute atomic E-state index is 12.9. The average molecular weight is 578 g/mol. The quantitative estimate of drug-likeness (QED) is 0.306. The second-order valence-corrected chi connectivity index (χ2v) is 9.75. The number of benzene rings is 1. The third-order valence-electron chi connectivity index (χ3n) is 6.02.